The zero-order valence-corrected chi connectivity index (χ0v) is 15.2. The van der Waals surface area contributed by atoms with Gasteiger partial charge in [0.15, 0.2) is 0 Å². The summed E-state index contributed by atoms with van der Waals surface area (Å²) < 4.78 is 0. The Morgan fingerprint density at radius 3 is 2.50 bits per heavy atom. The van der Waals surface area contributed by atoms with Crippen molar-refractivity contribution >= 4 is 29.1 Å². The molecule has 1 saturated heterocycles. The lowest BCUT2D eigenvalue weighted by Crippen LogP contribution is -2.55. The molecule has 1 atom stereocenters. The summed E-state index contributed by atoms with van der Waals surface area (Å²) in [6.45, 7) is 3.79. The predicted molar refractivity (Wildman–Crippen MR) is 96.2 cm³/mol. The first kappa shape index (κ1) is 18.6. The summed E-state index contributed by atoms with van der Waals surface area (Å²) in [6, 6.07) is 4.12. The maximum Gasteiger partial charge on any atom is 0.283 e. The fraction of sp³-hybridized carbons (Fsp3) is 0.529. The molecule has 3 rings (SSSR count). The number of nitrogens with zero attached hydrogens (tertiary/aromatic N) is 3. The van der Waals surface area contributed by atoms with Gasteiger partial charge in [-0.3, -0.25) is 24.6 Å². The Labute approximate surface area is 156 Å². The predicted octanol–water partition coefficient (Wildman–Crippen LogP) is 1.67. The van der Waals surface area contributed by atoms with Gasteiger partial charge in [-0.1, -0.05) is 11.6 Å². The van der Waals surface area contributed by atoms with Gasteiger partial charge >= 0.3 is 0 Å². The van der Waals surface area contributed by atoms with E-state index in [1.54, 1.807) is 4.90 Å². The molecule has 0 radical (unpaired) electrons. The number of nitro benzene ring substituents is 1. The van der Waals surface area contributed by atoms with Crippen LogP contribution in [-0.4, -0.2) is 64.8 Å². The Morgan fingerprint density at radius 1 is 1.27 bits per heavy atom. The second-order valence-electron chi connectivity index (χ2n) is 6.71. The summed E-state index contributed by atoms with van der Waals surface area (Å²) in [6.07, 6.45) is 2.08. The minimum absolute atomic E-state index is 0.0145. The molecule has 1 heterocycles. The van der Waals surface area contributed by atoms with Crippen LogP contribution >= 0.6 is 11.6 Å². The van der Waals surface area contributed by atoms with Gasteiger partial charge in [0.05, 0.1) is 11.0 Å². The minimum atomic E-state index is -0.598. The molecule has 9 heteroatoms. The van der Waals surface area contributed by atoms with Crippen LogP contribution in [0.3, 0.4) is 0 Å². The topological polar surface area (TPSA) is 95.8 Å². The van der Waals surface area contributed by atoms with Crippen molar-refractivity contribution in [1.82, 2.24) is 15.1 Å². The van der Waals surface area contributed by atoms with Crippen LogP contribution < -0.4 is 5.32 Å². The summed E-state index contributed by atoms with van der Waals surface area (Å²) in [5, 5.41) is 14.4. The number of hydrogen-bond donors (Lipinski definition) is 1. The van der Waals surface area contributed by atoms with E-state index in [-0.39, 0.29) is 34.1 Å². The Morgan fingerprint density at radius 2 is 1.92 bits per heavy atom. The van der Waals surface area contributed by atoms with E-state index >= 15 is 0 Å². The van der Waals surface area contributed by atoms with Crippen LogP contribution in [0.5, 0.6) is 0 Å². The zero-order valence-electron chi connectivity index (χ0n) is 14.5. The van der Waals surface area contributed by atoms with Crippen molar-refractivity contribution in [2.45, 2.75) is 31.8 Å². The fourth-order valence-corrected chi connectivity index (χ4v) is 3.20. The van der Waals surface area contributed by atoms with Crippen molar-refractivity contribution in [2.24, 2.45) is 0 Å². The molecule has 8 nitrogen and oxygen atoms in total. The molecule has 1 aromatic carbocycles. The third-order valence-corrected chi connectivity index (χ3v) is 5.07. The van der Waals surface area contributed by atoms with E-state index in [0.717, 1.165) is 12.8 Å². The Bertz CT molecular complexity index is 729. The first-order valence-corrected chi connectivity index (χ1v) is 9.02. The summed E-state index contributed by atoms with van der Waals surface area (Å²) in [7, 11) is 0. The van der Waals surface area contributed by atoms with Crippen LogP contribution in [0.2, 0.25) is 5.02 Å². The molecule has 0 bridgehead atoms. The maximum absolute atomic E-state index is 12.7. The molecule has 1 saturated carbocycles. The standard InChI is InChI=1S/C17H21ClN4O4/c1-11(16(23)19-13-3-4-13)20-6-8-21(9-7-20)17(24)14-5-2-12(18)10-15(14)22(25)26/h2,5,10-11,13H,3-4,6-9H2,1H3,(H,19,23). The SMILES string of the molecule is CC(C(=O)NC1CC1)N1CCN(C(=O)c2ccc(Cl)cc2[N+](=O)[O-])CC1. The van der Waals surface area contributed by atoms with Gasteiger partial charge in [0.2, 0.25) is 5.91 Å². The van der Waals surface area contributed by atoms with E-state index in [4.69, 9.17) is 11.6 Å². The minimum Gasteiger partial charge on any atom is -0.352 e. The molecular weight excluding hydrogens is 360 g/mol. The van der Waals surface area contributed by atoms with Crippen LogP contribution in [0.1, 0.15) is 30.1 Å². The highest BCUT2D eigenvalue weighted by atomic mass is 35.5. The monoisotopic (exact) mass is 380 g/mol. The van der Waals surface area contributed by atoms with Gasteiger partial charge in [0, 0.05) is 43.3 Å². The molecule has 1 N–H and O–H groups in total. The molecule has 0 spiro atoms. The van der Waals surface area contributed by atoms with E-state index in [1.807, 2.05) is 11.8 Å². The highest BCUT2D eigenvalue weighted by molar-refractivity contribution is 6.31. The molecular formula is C17H21ClN4O4. The van der Waals surface area contributed by atoms with Gasteiger partial charge in [-0.15, -0.1) is 0 Å². The fourth-order valence-electron chi connectivity index (χ4n) is 3.03. The second kappa shape index (κ2) is 7.59. The van der Waals surface area contributed by atoms with E-state index in [1.165, 1.54) is 18.2 Å². The lowest BCUT2D eigenvalue weighted by molar-refractivity contribution is -0.385. The zero-order chi connectivity index (χ0) is 18.8. The molecule has 1 aliphatic carbocycles. The number of carbonyl (C=O) groups is 2. The van der Waals surface area contributed by atoms with Gasteiger partial charge in [-0.2, -0.15) is 0 Å². The number of nitro groups is 1. The first-order chi connectivity index (χ1) is 12.4. The summed E-state index contributed by atoms with van der Waals surface area (Å²) in [5.74, 6) is -0.372. The summed E-state index contributed by atoms with van der Waals surface area (Å²) >= 11 is 5.80. The normalized spacial score (nSPS) is 19.1. The Hall–Kier alpha value is -2.19. The number of nitrogens with one attached hydrogen (secondary N) is 1. The second-order valence-corrected chi connectivity index (χ2v) is 7.14. The van der Waals surface area contributed by atoms with Crippen molar-refractivity contribution in [2.75, 3.05) is 26.2 Å². The Balaban J connectivity index is 1.62. The summed E-state index contributed by atoms with van der Waals surface area (Å²) in [5.41, 5.74) is -0.255. The number of hydrogen-bond acceptors (Lipinski definition) is 5. The van der Waals surface area contributed by atoms with Crippen molar-refractivity contribution in [1.29, 1.82) is 0 Å². The van der Waals surface area contributed by atoms with Crippen molar-refractivity contribution < 1.29 is 14.5 Å². The molecule has 2 amide bonds. The van der Waals surface area contributed by atoms with Gasteiger partial charge in [-0.05, 0) is 31.9 Å². The number of benzene rings is 1. The maximum atomic E-state index is 12.7. The third-order valence-electron chi connectivity index (χ3n) is 4.84. The van der Waals surface area contributed by atoms with E-state index in [0.29, 0.717) is 32.2 Å². The Kier molecular flexibility index (Phi) is 5.43. The molecule has 1 unspecified atom stereocenters. The lowest BCUT2D eigenvalue weighted by Gasteiger charge is -2.37. The van der Waals surface area contributed by atoms with E-state index in [2.05, 4.69) is 5.32 Å². The first-order valence-electron chi connectivity index (χ1n) is 8.64. The van der Waals surface area contributed by atoms with E-state index < -0.39 is 4.92 Å². The average molecular weight is 381 g/mol. The van der Waals surface area contributed by atoms with Gasteiger partial charge in [-0.25, -0.2) is 0 Å². The van der Waals surface area contributed by atoms with Crippen LogP contribution in [0.4, 0.5) is 5.69 Å². The number of halogens is 1. The summed E-state index contributed by atoms with van der Waals surface area (Å²) in [4.78, 5) is 39.0. The molecule has 26 heavy (non-hydrogen) atoms. The van der Waals surface area contributed by atoms with Crippen LogP contribution in [-0.2, 0) is 4.79 Å². The molecule has 1 aromatic rings. The van der Waals surface area contributed by atoms with Crippen LogP contribution in [0, 0.1) is 10.1 Å². The van der Waals surface area contributed by atoms with E-state index in [9.17, 15) is 19.7 Å². The van der Waals surface area contributed by atoms with Gasteiger partial charge < -0.3 is 10.2 Å². The smallest absolute Gasteiger partial charge is 0.283 e. The number of carbonyl (C=O) groups excluding carboxylic acids is 2. The number of amides is 2. The lowest BCUT2D eigenvalue weighted by atomic mass is 10.1. The third kappa shape index (κ3) is 4.13. The molecule has 140 valence electrons. The number of piperazine rings is 1. The molecule has 2 fully saturated rings. The van der Waals surface area contributed by atoms with Crippen molar-refractivity contribution in [3.05, 3.63) is 38.9 Å². The average Bonchev–Trinajstić information content (AvgIpc) is 3.44. The van der Waals surface area contributed by atoms with Crippen molar-refractivity contribution in [3.63, 3.8) is 0 Å². The highest BCUT2D eigenvalue weighted by Crippen LogP contribution is 2.25. The molecule has 0 aromatic heterocycles. The highest BCUT2D eigenvalue weighted by Gasteiger charge is 2.32. The quantitative estimate of drug-likeness (QED) is 0.619. The largest absolute Gasteiger partial charge is 0.352 e. The van der Waals surface area contributed by atoms with Crippen molar-refractivity contribution in [3.8, 4) is 0 Å². The molecule has 1 aliphatic heterocycles. The number of rotatable bonds is 5. The van der Waals surface area contributed by atoms with Gasteiger partial charge in [0.1, 0.15) is 5.56 Å². The van der Waals surface area contributed by atoms with Crippen LogP contribution in [0.25, 0.3) is 0 Å². The van der Waals surface area contributed by atoms with Crippen LogP contribution in [0.15, 0.2) is 18.2 Å². The molecule has 2 aliphatic rings. The van der Waals surface area contributed by atoms with Gasteiger partial charge in [0.25, 0.3) is 11.6 Å².